The van der Waals surface area contributed by atoms with E-state index in [2.05, 4.69) is 24.4 Å². The molecule has 146 valence electrons. The smallest absolute Gasteiger partial charge is 0.306 e. The number of hydrogen-bond donors (Lipinski definition) is 1. The molecule has 1 saturated heterocycles. The second-order valence-corrected chi connectivity index (χ2v) is 7.66. The van der Waals surface area contributed by atoms with Gasteiger partial charge in [0.05, 0.1) is 0 Å². The Morgan fingerprint density at radius 2 is 1.50 bits per heavy atom. The van der Waals surface area contributed by atoms with Gasteiger partial charge in [0.2, 0.25) is 0 Å². The molecule has 2 rings (SSSR count). The van der Waals surface area contributed by atoms with Crippen LogP contribution in [0.25, 0.3) is 0 Å². The maximum absolute atomic E-state index is 12.5. The molecule has 0 atom stereocenters. The Kier molecular flexibility index (Phi) is 9.76. The van der Waals surface area contributed by atoms with Crippen LogP contribution in [0, 0.1) is 0 Å². The maximum atomic E-state index is 12.5. The zero-order valence-electron chi connectivity index (χ0n) is 16.6. The first-order valence-corrected chi connectivity index (χ1v) is 10.7. The standard InChI is InChI=1S/C23H37NO2/c1-2-3-4-5-6-7-8-9-13-16-22(25)26-23(17-19-24-20-18-23)21-14-11-10-12-15-21/h10-12,14-15,24H,2-9,13,16-20H2,1H3. The number of hydrogen-bond acceptors (Lipinski definition) is 3. The van der Waals surface area contributed by atoms with Crippen molar-refractivity contribution in [2.24, 2.45) is 0 Å². The molecule has 0 aliphatic carbocycles. The summed E-state index contributed by atoms with van der Waals surface area (Å²) >= 11 is 0. The van der Waals surface area contributed by atoms with E-state index in [1.54, 1.807) is 0 Å². The van der Waals surface area contributed by atoms with Gasteiger partial charge in [0, 0.05) is 19.3 Å². The van der Waals surface area contributed by atoms with Crippen LogP contribution in [0.1, 0.15) is 89.5 Å². The minimum Gasteiger partial charge on any atom is -0.454 e. The second kappa shape index (κ2) is 12.1. The van der Waals surface area contributed by atoms with Crippen molar-refractivity contribution in [2.45, 2.75) is 89.6 Å². The molecular weight excluding hydrogens is 322 g/mol. The quantitative estimate of drug-likeness (QED) is 0.382. The topological polar surface area (TPSA) is 38.3 Å². The van der Waals surface area contributed by atoms with Gasteiger partial charge in [0.15, 0.2) is 0 Å². The first-order chi connectivity index (χ1) is 12.8. The van der Waals surface area contributed by atoms with Crippen molar-refractivity contribution < 1.29 is 9.53 Å². The summed E-state index contributed by atoms with van der Waals surface area (Å²) in [5.41, 5.74) is 0.713. The summed E-state index contributed by atoms with van der Waals surface area (Å²) in [5, 5.41) is 3.38. The summed E-state index contributed by atoms with van der Waals surface area (Å²) in [6.07, 6.45) is 13.7. The fourth-order valence-electron chi connectivity index (χ4n) is 3.87. The Hall–Kier alpha value is -1.35. The molecule has 1 N–H and O–H groups in total. The van der Waals surface area contributed by atoms with Gasteiger partial charge < -0.3 is 10.1 Å². The number of carbonyl (C=O) groups excluding carboxylic acids is 1. The molecule has 1 aromatic carbocycles. The lowest BCUT2D eigenvalue weighted by molar-refractivity contribution is -0.164. The first kappa shape index (κ1) is 21.0. The van der Waals surface area contributed by atoms with Gasteiger partial charge in [0.1, 0.15) is 5.60 Å². The SMILES string of the molecule is CCCCCCCCCCCC(=O)OC1(c2ccccc2)CCNCC1. The number of esters is 1. The first-order valence-electron chi connectivity index (χ1n) is 10.7. The summed E-state index contributed by atoms with van der Waals surface area (Å²) in [4.78, 5) is 12.5. The van der Waals surface area contributed by atoms with Gasteiger partial charge in [-0.1, -0.05) is 88.6 Å². The highest BCUT2D eigenvalue weighted by atomic mass is 16.6. The van der Waals surface area contributed by atoms with E-state index in [0.29, 0.717) is 6.42 Å². The highest BCUT2D eigenvalue weighted by Gasteiger charge is 2.37. The third-order valence-corrected chi connectivity index (χ3v) is 5.50. The van der Waals surface area contributed by atoms with Crippen LogP contribution in [0.15, 0.2) is 30.3 Å². The summed E-state index contributed by atoms with van der Waals surface area (Å²) in [5.74, 6) is -0.0290. The van der Waals surface area contributed by atoms with E-state index in [1.807, 2.05) is 18.2 Å². The van der Waals surface area contributed by atoms with E-state index >= 15 is 0 Å². The normalized spacial score (nSPS) is 16.3. The van der Waals surface area contributed by atoms with E-state index in [1.165, 1.54) is 44.9 Å². The predicted octanol–water partition coefficient (Wildman–Crippen LogP) is 5.73. The number of carbonyl (C=O) groups is 1. The van der Waals surface area contributed by atoms with Crippen molar-refractivity contribution in [3.63, 3.8) is 0 Å². The lowest BCUT2D eigenvalue weighted by Gasteiger charge is -2.37. The molecule has 0 radical (unpaired) electrons. The maximum Gasteiger partial charge on any atom is 0.306 e. The second-order valence-electron chi connectivity index (χ2n) is 7.66. The van der Waals surface area contributed by atoms with Crippen LogP contribution in [-0.4, -0.2) is 19.1 Å². The number of benzene rings is 1. The van der Waals surface area contributed by atoms with E-state index in [0.717, 1.165) is 44.3 Å². The van der Waals surface area contributed by atoms with Crippen molar-refractivity contribution in [2.75, 3.05) is 13.1 Å². The molecule has 0 amide bonds. The Balaban J connectivity index is 1.68. The summed E-state index contributed by atoms with van der Waals surface area (Å²) in [6.45, 7) is 4.06. The molecule has 1 fully saturated rings. The van der Waals surface area contributed by atoms with Crippen LogP contribution in [-0.2, 0) is 15.1 Å². The van der Waals surface area contributed by atoms with E-state index in [-0.39, 0.29) is 5.97 Å². The fraction of sp³-hybridized carbons (Fsp3) is 0.696. The zero-order chi connectivity index (χ0) is 18.5. The van der Waals surface area contributed by atoms with Gasteiger partial charge >= 0.3 is 5.97 Å². The Morgan fingerprint density at radius 1 is 0.923 bits per heavy atom. The summed E-state index contributed by atoms with van der Waals surface area (Å²) < 4.78 is 6.06. The summed E-state index contributed by atoms with van der Waals surface area (Å²) in [6, 6.07) is 10.3. The van der Waals surface area contributed by atoms with Gasteiger partial charge in [0.25, 0.3) is 0 Å². The molecule has 3 heteroatoms. The number of nitrogens with one attached hydrogen (secondary N) is 1. The fourth-order valence-corrected chi connectivity index (χ4v) is 3.87. The van der Waals surface area contributed by atoms with Gasteiger partial charge in [-0.3, -0.25) is 4.79 Å². The van der Waals surface area contributed by atoms with Crippen molar-refractivity contribution in [3.8, 4) is 0 Å². The van der Waals surface area contributed by atoms with E-state index in [9.17, 15) is 4.79 Å². The van der Waals surface area contributed by atoms with Crippen molar-refractivity contribution in [1.82, 2.24) is 5.32 Å². The largest absolute Gasteiger partial charge is 0.454 e. The lowest BCUT2D eigenvalue weighted by atomic mass is 9.84. The summed E-state index contributed by atoms with van der Waals surface area (Å²) in [7, 11) is 0. The van der Waals surface area contributed by atoms with Crippen LogP contribution in [0.5, 0.6) is 0 Å². The van der Waals surface area contributed by atoms with E-state index in [4.69, 9.17) is 4.74 Å². The van der Waals surface area contributed by atoms with Crippen molar-refractivity contribution >= 4 is 5.97 Å². The zero-order valence-corrected chi connectivity index (χ0v) is 16.6. The average Bonchev–Trinajstić information content (AvgIpc) is 2.68. The van der Waals surface area contributed by atoms with Crippen LogP contribution in [0.4, 0.5) is 0 Å². The number of rotatable bonds is 12. The molecular formula is C23H37NO2. The molecule has 0 spiro atoms. The van der Waals surface area contributed by atoms with Gasteiger partial charge in [-0.25, -0.2) is 0 Å². The molecule has 3 nitrogen and oxygen atoms in total. The van der Waals surface area contributed by atoms with Gasteiger partial charge in [-0.2, -0.15) is 0 Å². The lowest BCUT2D eigenvalue weighted by Crippen LogP contribution is -2.43. The molecule has 26 heavy (non-hydrogen) atoms. The van der Waals surface area contributed by atoms with Gasteiger partial charge in [-0.05, 0) is 25.1 Å². The highest BCUT2D eigenvalue weighted by molar-refractivity contribution is 5.70. The van der Waals surface area contributed by atoms with Crippen LogP contribution >= 0.6 is 0 Å². The molecule has 0 bridgehead atoms. The minimum atomic E-state index is -0.428. The van der Waals surface area contributed by atoms with Crippen LogP contribution in [0.3, 0.4) is 0 Å². The van der Waals surface area contributed by atoms with Crippen molar-refractivity contribution in [1.29, 1.82) is 0 Å². The third kappa shape index (κ3) is 7.11. The monoisotopic (exact) mass is 359 g/mol. The molecule has 1 heterocycles. The van der Waals surface area contributed by atoms with Crippen LogP contribution in [0.2, 0.25) is 0 Å². The minimum absolute atomic E-state index is 0.0290. The molecule has 1 aliphatic heterocycles. The van der Waals surface area contributed by atoms with E-state index < -0.39 is 5.60 Å². The Labute approximate surface area is 159 Å². The van der Waals surface area contributed by atoms with Crippen LogP contribution < -0.4 is 5.32 Å². The molecule has 1 aromatic rings. The molecule has 0 unspecified atom stereocenters. The number of piperidine rings is 1. The predicted molar refractivity (Wildman–Crippen MR) is 108 cm³/mol. The van der Waals surface area contributed by atoms with Gasteiger partial charge in [-0.15, -0.1) is 0 Å². The highest BCUT2D eigenvalue weighted by Crippen LogP contribution is 2.35. The molecule has 0 aromatic heterocycles. The Bertz CT molecular complexity index is 494. The Morgan fingerprint density at radius 3 is 2.12 bits per heavy atom. The van der Waals surface area contributed by atoms with Crippen molar-refractivity contribution in [3.05, 3.63) is 35.9 Å². The third-order valence-electron chi connectivity index (χ3n) is 5.50. The number of ether oxygens (including phenoxy) is 1. The molecule has 0 saturated carbocycles. The average molecular weight is 360 g/mol. The molecule has 1 aliphatic rings. The number of unbranched alkanes of at least 4 members (excludes halogenated alkanes) is 8.